The largest absolute Gasteiger partial charge is 0.469 e. The topological polar surface area (TPSA) is 68.8 Å². The summed E-state index contributed by atoms with van der Waals surface area (Å²) < 4.78 is 7.02. The summed E-state index contributed by atoms with van der Waals surface area (Å²) in [5.41, 5.74) is 0. The molecule has 0 bridgehead atoms. The van der Waals surface area contributed by atoms with Crippen molar-refractivity contribution in [3.63, 3.8) is 0 Å². The second-order valence-electron chi connectivity index (χ2n) is 4.88. The number of hydrogen-bond donors (Lipinski definition) is 1. The third-order valence-electron chi connectivity index (χ3n) is 3.16. The van der Waals surface area contributed by atoms with E-state index in [2.05, 4.69) is 27.3 Å². The van der Waals surface area contributed by atoms with Gasteiger partial charge >= 0.3 is 0 Å². The molecule has 6 heteroatoms. The van der Waals surface area contributed by atoms with Crippen molar-refractivity contribution in [2.45, 2.75) is 25.8 Å². The summed E-state index contributed by atoms with van der Waals surface area (Å²) in [6, 6.07) is 6.03. The maximum absolute atomic E-state index is 5.33. The molecule has 6 nitrogen and oxygen atoms in total. The van der Waals surface area contributed by atoms with Crippen molar-refractivity contribution in [2.24, 2.45) is 0 Å². The normalized spacial score (nSPS) is 12.2. The molecule has 3 heterocycles. The number of aromatic nitrogens is 4. The van der Waals surface area contributed by atoms with Crippen molar-refractivity contribution in [1.29, 1.82) is 0 Å². The lowest BCUT2D eigenvalue weighted by atomic mass is 10.1. The molecular formula is C15H17N5O. The van der Waals surface area contributed by atoms with Gasteiger partial charge < -0.3 is 9.73 Å². The molecule has 1 N–H and O–H groups in total. The van der Waals surface area contributed by atoms with E-state index in [1.54, 1.807) is 29.5 Å². The Labute approximate surface area is 122 Å². The van der Waals surface area contributed by atoms with E-state index in [1.165, 1.54) is 0 Å². The Bertz CT molecular complexity index is 663. The van der Waals surface area contributed by atoms with Crippen molar-refractivity contribution in [2.75, 3.05) is 5.32 Å². The van der Waals surface area contributed by atoms with E-state index < -0.39 is 0 Å². The summed E-state index contributed by atoms with van der Waals surface area (Å²) in [5, 5.41) is 7.50. The van der Waals surface area contributed by atoms with Crippen LogP contribution in [0.25, 0.3) is 5.82 Å². The predicted molar refractivity (Wildman–Crippen MR) is 79.3 cm³/mol. The molecule has 0 radical (unpaired) electrons. The summed E-state index contributed by atoms with van der Waals surface area (Å²) in [4.78, 5) is 8.70. The molecule has 108 valence electrons. The van der Waals surface area contributed by atoms with E-state index in [1.807, 2.05) is 24.4 Å². The molecule has 0 saturated heterocycles. The Morgan fingerprint density at radius 2 is 2.29 bits per heavy atom. The van der Waals surface area contributed by atoms with Crippen LogP contribution in [0.4, 0.5) is 5.82 Å². The highest BCUT2D eigenvalue weighted by molar-refractivity contribution is 5.36. The zero-order valence-corrected chi connectivity index (χ0v) is 11.8. The molecule has 0 aliphatic carbocycles. The molecule has 3 aromatic rings. The fourth-order valence-corrected chi connectivity index (χ4v) is 2.08. The van der Waals surface area contributed by atoms with Gasteiger partial charge in [-0.25, -0.2) is 9.67 Å². The average molecular weight is 283 g/mol. The van der Waals surface area contributed by atoms with Crippen LogP contribution in [-0.2, 0) is 6.42 Å². The van der Waals surface area contributed by atoms with Crippen LogP contribution in [0.5, 0.6) is 0 Å². The summed E-state index contributed by atoms with van der Waals surface area (Å²) in [7, 11) is 0. The van der Waals surface area contributed by atoms with Crippen LogP contribution in [0, 0.1) is 0 Å². The van der Waals surface area contributed by atoms with Crippen LogP contribution in [-0.4, -0.2) is 25.8 Å². The highest BCUT2D eigenvalue weighted by Gasteiger charge is 2.07. The average Bonchev–Trinajstić information content (AvgIpc) is 3.19. The standard InChI is InChI=1S/C15H17N5O/c1-12(5-6-13-4-2-9-21-13)18-14-10-16-11-15(19-14)20-8-3-7-17-20/h2-4,7-12H,5-6H2,1H3,(H,18,19)/t12-/m0/s1. The van der Waals surface area contributed by atoms with Gasteiger partial charge in [-0.05, 0) is 31.5 Å². The van der Waals surface area contributed by atoms with Crippen molar-refractivity contribution in [3.8, 4) is 5.82 Å². The van der Waals surface area contributed by atoms with Crippen LogP contribution in [0.15, 0.2) is 53.7 Å². The Balaban J connectivity index is 1.60. The number of aryl methyl sites for hydroxylation is 1. The molecule has 3 aromatic heterocycles. The summed E-state index contributed by atoms with van der Waals surface area (Å²) in [6.07, 6.45) is 10.5. The van der Waals surface area contributed by atoms with Crippen LogP contribution >= 0.6 is 0 Å². The van der Waals surface area contributed by atoms with Crippen LogP contribution < -0.4 is 5.32 Å². The van der Waals surface area contributed by atoms with Crippen LogP contribution in [0.2, 0.25) is 0 Å². The minimum atomic E-state index is 0.275. The lowest BCUT2D eigenvalue weighted by molar-refractivity contribution is 0.495. The summed E-state index contributed by atoms with van der Waals surface area (Å²) in [5.74, 6) is 2.44. The molecule has 0 aliphatic rings. The van der Waals surface area contributed by atoms with Gasteiger partial charge in [0.2, 0.25) is 0 Å². The van der Waals surface area contributed by atoms with Crippen LogP contribution in [0.1, 0.15) is 19.1 Å². The smallest absolute Gasteiger partial charge is 0.173 e. The molecule has 1 atom stereocenters. The number of anilines is 1. The first-order valence-electron chi connectivity index (χ1n) is 6.92. The van der Waals surface area contributed by atoms with E-state index in [9.17, 15) is 0 Å². The first-order chi connectivity index (χ1) is 10.3. The highest BCUT2D eigenvalue weighted by Crippen LogP contribution is 2.11. The minimum absolute atomic E-state index is 0.275. The molecule has 3 rings (SSSR count). The maximum atomic E-state index is 5.33. The second-order valence-corrected chi connectivity index (χ2v) is 4.88. The molecule has 0 amide bonds. The summed E-state index contributed by atoms with van der Waals surface area (Å²) >= 11 is 0. The van der Waals surface area contributed by atoms with Gasteiger partial charge in [-0.1, -0.05) is 0 Å². The van der Waals surface area contributed by atoms with Gasteiger partial charge in [0.1, 0.15) is 11.6 Å². The van der Waals surface area contributed by atoms with Crippen molar-refractivity contribution in [3.05, 3.63) is 55.0 Å². The third kappa shape index (κ3) is 3.47. The lowest BCUT2D eigenvalue weighted by Gasteiger charge is -2.14. The van der Waals surface area contributed by atoms with Gasteiger partial charge in [0.15, 0.2) is 5.82 Å². The van der Waals surface area contributed by atoms with Gasteiger partial charge in [0, 0.05) is 24.9 Å². The number of nitrogens with zero attached hydrogens (tertiary/aromatic N) is 4. The number of hydrogen-bond acceptors (Lipinski definition) is 5. The van der Waals surface area contributed by atoms with Crippen molar-refractivity contribution in [1.82, 2.24) is 19.7 Å². The van der Waals surface area contributed by atoms with Gasteiger partial charge in [-0.3, -0.25) is 4.98 Å². The van der Waals surface area contributed by atoms with E-state index in [0.717, 1.165) is 24.4 Å². The quantitative estimate of drug-likeness (QED) is 0.753. The zero-order valence-electron chi connectivity index (χ0n) is 11.8. The summed E-state index contributed by atoms with van der Waals surface area (Å²) in [6.45, 7) is 2.12. The minimum Gasteiger partial charge on any atom is -0.469 e. The fraction of sp³-hybridized carbons (Fsp3) is 0.267. The monoisotopic (exact) mass is 283 g/mol. The molecule has 0 saturated carbocycles. The first kappa shape index (κ1) is 13.4. The second kappa shape index (κ2) is 6.21. The zero-order chi connectivity index (χ0) is 14.5. The predicted octanol–water partition coefficient (Wildman–Crippen LogP) is 2.69. The van der Waals surface area contributed by atoms with Gasteiger partial charge in [-0.2, -0.15) is 5.10 Å². The van der Waals surface area contributed by atoms with Gasteiger partial charge in [0.25, 0.3) is 0 Å². The van der Waals surface area contributed by atoms with Crippen molar-refractivity contribution < 1.29 is 4.42 Å². The van der Waals surface area contributed by atoms with E-state index in [0.29, 0.717) is 5.82 Å². The molecule has 0 aliphatic heterocycles. The first-order valence-corrected chi connectivity index (χ1v) is 6.92. The number of furan rings is 1. The van der Waals surface area contributed by atoms with Crippen LogP contribution in [0.3, 0.4) is 0 Å². The lowest BCUT2D eigenvalue weighted by Crippen LogP contribution is -2.17. The maximum Gasteiger partial charge on any atom is 0.173 e. The number of nitrogens with one attached hydrogen (secondary N) is 1. The molecule has 0 fully saturated rings. The Kier molecular flexibility index (Phi) is 3.95. The Hall–Kier alpha value is -2.63. The number of rotatable bonds is 6. The molecule has 0 spiro atoms. The fourth-order valence-electron chi connectivity index (χ4n) is 2.08. The Morgan fingerprint density at radius 3 is 3.05 bits per heavy atom. The molecule has 0 unspecified atom stereocenters. The third-order valence-corrected chi connectivity index (χ3v) is 3.16. The Morgan fingerprint density at radius 1 is 1.33 bits per heavy atom. The van der Waals surface area contributed by atoms with Gasteiger partial charge in [-0.15, -0.1) is 0 Å². The van der Waals surface area contributed by atoms with E-state index >= 15 is 0 Å². The van der Waals surface area contributed by atoms with Gasteiger partial charge in [0.05, 0.1) is 18.7 Å². The molecule has 21 heavy (non-hydrogen) atoms. The highest BCUT2D eigenvalue weighted by atomic mass is 16.3. The van der Waals surface area contributed by atoms with E-state index in [-0.39, 0.29) is 6.04 Å². The van der Waals surface area contributed by atoms with E-state index in [4.69, 9.17) is 4.42 Å². The SMILES string of the molecule is C[C@@H](CCc1ccco1)Nc1cncc(-n2cccn2)n1. The molecular weight excluding hydrogens is 266 g/mol. The molecule has 0 aromatic carbocycles. The van der Waals surface area contributed by atoms with Crippen molar-refractivity contribution >= 4 is 5.82 Å².